The van der Waals surface area contributed by atoms with E-state index in [1.807, 2.05) is 0 Å². The highest BCUT2D eigenvalue weighted by molar-refractivity contribution is 5.75. The molecule has 1 saturated heterocycles. The zero-order valence-electron chi connectivity index (χ0n) is 14.4. The number of esters is 1. The molecular weight excluding hydrogens is 355 g/mol. The summed E-state index contributed by atoms with van der Waals surface area (Å²) in [5.41, 5.74) is -2.91. The van der Waals surface area contributed by atoms with Gasteiger partial charge in [0.25, 0.3) is 0 Å². The molecule has 1 rings (SSSR count). The summed E-state index contributed by atoms with van der Waals surface area (Å²) in [4.78, 5) is 12.0. The molecule has 1 aliphatic heterocycles. The molecule has 1 aliphatic rings. The molecule has 5 nitrogen and oxygen atoms in total. The van der Waals surface area contributed by atoms with Crippen LogP contribution >= 0.6 is 0 Å². The molecule has 0 saturated carbocycles. The number of ether oxygens (including phenoxy) is 2. The molecule has 3 atom stereocenters. The minimum Gasteiger partial charge on any atom is -0.464 e. The molecule has 0 radical (unpaired) electrons. The second kappa shape index (κ2) is 6.62. The lowest BCUT2D eigenvalue weighted by atomic mass is 9.73. The van der Waals surface area contributed by atoms with Crippen LogP contribution in [0.1, 0.15) is 40.5 Å². The van der Waals surface area contributed by atoms with Gasteiger partial charge >= 0.3 is 23.9 Å². The molecule has 148 valence electrons. The lowest BCUT2D eigenvalue weighted by Gasteiger charge is -2.51. The van der Waals surface area contributed by atoms with Crippen LogP contribution in [0.2, 0.25) is 0 Å². The quantitative estimate of drug-likeness (QED) is 0.568. The largest absolute Gasteiger partial charge is 0.464 e. The van der Waals surface area contributed by atoms with Crippen LogP contribution in [0.3, 0.4) is 0 Å². The zero-order valence-corrected chi connectivity index (χ0v) is 14.4. The van der Waals surface area contributed by atoms with Gasteiger partial charge in [-0.3, -0.25) is 4.79 Å². The number of halogens is 5. The molecule has 0 aliphatic carbocycles. The first-order valence-corrected chi connectivity index (χ1v) is 7.77. The molecule has 0 aromatic heterocycles. The van der Waals surface area contributed by atoms with E-state index in [2.05, 4.69) is 4.74 Å². The summed E-state index contributed by atoms with van der Waals surface area (Å²) >= 11 is 0. The van der Waals surface area contributed by atoms with Crippen molar-refractivity contribution >= 4 is 5.97 Å². The van der Waals surface area contributed by atoms with E-state index in [0.29, 0.717) is 6.42 Å². The molecule has 0 bridgehead atoms. The summed E-state index contributed by atoms with van der Waals surface area (Å²) in [7, 11) is 0. The van der Waals surface area contributed by atoms with Crippen molar-refractivity contribution in [2.45, 2.75) is 64.5 Å². The molecule has 1 fully saturated rings. The molecule has 2 N–H and O–H groups in total. The predicted octanol–water partition coefficient (Wildman–Crippen LogP) is 2.64. The molecule has 10 heteroatoms. The van der Waals surface area contributed by atoms with Gasteiger partial charge in [0.1, 0.15) is 12.7 Å². The van der Waals surface area contributed by atoms with Crippen molar-refractivity contribution < 1.29 is 46.4 Å². The normalized spacial score (nSPS) is 33.2. The standard InChI is InChI=1S/C15H23F5O5/c1-5-11(3,4)10(22)24-7-12(6-2)8-25-14(23,15(18,19)20)13(16,17)9(12)21/h9,21,23H,5-8H2,1-4H3. The Morgan fingerprint density at radius 1 is 1.28 bits per heavy atom. The van der Waals surface area contributed by atoms with E-state index >= 15 is 0 Å². The molecule has 3 unspecified atom stereocenters. The van der Waals surface area contributed by atoms with Gasteiger partial charge in [-0.2, -0.15) is 22.0 Å². The first-order chi connectivity index (χ1) is 11.1. The van der Waals surface area contributed by atoms with Gasteiger partial charge in [0.15, 0.2) is 0 Å². The van der Waals surface area contributed by atoms with Crippen molar-refractivity contribution in [2.24, 2.45) is 10.8 Å². The molecule has 0 aromatic carbocycles. The minimum absolute atomic E-state index is 0.266. The maximum absolute atomic E-state index is 14.2. The van der Waals surface area contributed by atoms with E-state index in [-0.39, 0.29) is 6.42 Å². The monoisotopic (exact) mass is 378 g/mol. The van der Waals surface area contributed by atoms with Crippen LogP contribution in [0.5, 0.6) is 0 Å². The van der Waals surface area contributed by atoms with E-state index in [4.69, 9.17) is 4.74 Å². The van der Waals surface area contributed by atoms with Crippen LogP contribution in [-0.4, -0.2) is 53.4 Å². The third-order valence-corrected chi connectivity index (χ3v) is 4.96. The third-order valence-electron chi connectivity index (χ3n) is 4.96. The highest BCUT2D eigenvalue weighted by Gasteiger charge is 2.78. The maximum atomic E-state index is 14.2. The van der Waals surface area contributed by atoms with E-state index in [0.717, 1.165) is 0 Å². The summed E-state index contributed by atoms with van der Waals surface area (Å²) in [6.07, 6.45) is -8.63. The highest BCUT2D eigenvalue weighted by atomic mass is 19.4. The zero-order chi connectivity index (χ0) is 19.9. The van der Waals surface area contributed by atoms with Crippen LogP contribution in [0.4, 0.5) is 22.0 Å². The van der Waals surface area contributed by atoms with Crippen LogP contribution in [0, 0.1) is 10.8 Å². The maximum Gasteiger partial charge on any atom is 0.449 e. The van der Waals surface area contributed by atoms with Crippen LogP contribution in [0.25, 0.3) is 0 Å². The van der Waals surface area contributed by atoms with E-state index in [1.54, 1.807) is 20.8 Å². The van der Waals surface area contributed by atoms with Crippen LogP contribution in [0.15, 0.2) is 0 Å². The van der Waals surface area contributed by atoms with E-state index in [1.165, 1.54) is 6.92 Å². The summed E-state index contributed by atoms with van der Waals surface area (Å²) in [5.74, 6) is -10.6. The number of carbonyl (C=O) groups excluding carboxylic acids is 1. The van der Waals surface area contributed by atoms with Crippen LogP contribution in [-0.2, 0) is 14.3 Å². The second-order valence-corrected chi connectivity index (χ2v) is 6.99. The molecular formula is C15H23F5O5. The van der Waals surface area contributed by atoms with Gasteiger partial charge in [-0.15, -0.1) is 0 Å². The smallest absolute Gasteiger partial charge is 0.449 e. The molecule has 1 heterocycles. The van der Waals surface area contributed by atoms with Crippen molar-refractivity contribution in [3.05, 3.63) is 0 Å². The van der Waals surface area contributed by atoms with Gasteiger partial charge in [0, 0.05) is 0 Å². The predicted molar refractivity (Wildman–Crippen MR) is 75.7 cm³/mol. The summed E-state index contributed by atoms with van der Waals surface area (Å²) in [6.45, 7) is 4.32. The average molecular weight is 378 g/mol. The fourth-order valence-electron chi connectivity index (χ4n) is 2.33. The van der Waals surface area contributed by atoms with E-state index < -0.39 is 54.0 Å². The lowest BCUT2D eigenvalue weighted by molar-refractivity contribution is -0.473. The second-order valence-electron chi connectivity index (χ2n) is 6.99. The lowest BCUT2D eigenvalue weighted by Crippen LogP contribution is -2.73. The highest BCUT2D eigenvalue weighted by Crippen LogP contribution is 2.53. The molecule has 0 aromatic rings. The van der Waals surface area contributed by atoms with Crippen molar-refractivity contribution in [2.75, 3.05) is 13.2 Å². The number of alkyl halides is 5. The Morgan fingerprint density at radius 3 is 2.20 bits per heavy atom. The summed E-state index contributed by atoms with van der Waals surface area (Å²) < 4.78 is 75.8. The van der Waals surface area contributed by atoms with Gasteiger partial charge in [0.05, 0.1) is 17.4 Å². The fourth-order valence-corrected chi connectivity index (χ4v) is 2.33. The van der Waals surface area contributed by atoms with Crippen molar-refractivity contribution in [1.29, 1.82) is 0 Å². The third kappa shape index (κ3) is 3.48. The molecule has 25 heavy (non-hydrogen) atoms. The van der Waals surface area contributed by atoms with Gasteiger partial charge in [0.2, 0.25) is 0 Å². The van der Waals surface area contributed by atoms with Gasteiger partial charge in [-0.05, 0) is 26.7 Å². The number of hydrogen-bond donors (Lipinski definition) is 2. The SMILES string of the molecule is CCC(C)(C)C(=O)OCC1(CC)COC(O)(C(F)(F)F)C(F)(F)C1O. The van der Waals surface area contributed by atoms with E-state index in [9.17, 15) is 37.0 Å². The Hall–Kier alpha value is -1.00. The Labute approximate surface area is 142 Å². The number of carbonyl (C=O) groups is 1. The molecule has 0 spiro atoms. The number of aliphatic hydroxyl groups is 2. The first-order valence-electron chi connectivity index (χ1n) is 7.77. The summed E-state index contributed by atoms with van der Waals surface area (Å²) in [5, 5.41) is 19.3. The summed E-state index contributed by atoms with van der Waals surface area (Å²) in [6, 6.07) is 0. The molecule has 0 amide bonds. The number of aliphatic hydroxyl groups excluding tert-OH is 1. The van der Waals surface area contributed by atoms with Crippen molar-refractivity contribution in [3.8, 4) is 0 Å². The minimum atomic E-state index is -5.82. The Morgan fingerprint density at radius 2 is 1.80 bits per heavy atom. The van der Waals surface area contributed by atoms with Crippen LogP contribution < -0.4 is 0 Å². The van der Waals surface area contributed by atoms with Gasteiger partial charge in [-0.25, -0.2) is 0 Å². The average Bonchev–Trinajstić information content (AvgIpc) is 2.51. The van der Waals surface area contributed by atoms with Gasteiger partial charge < -0.3 is 19.7 Å². The van der Waals surface area contributed by atoms with Crippen molar-refractivity contribution in [1.82, 2.24) is 0 Å². The first kappa shape index (κ1) is 22.0. The number of rotatable bonds is 5. The Bertz CT molecular complexity index is 507. The fraction of sp³-hybridized carbons (Fsp3) is 0.933. The Kier molecular flexibility index (Phi) is 5.84. The number of hydrogen-bond acceptors (Lipinski definition) is 5. The topological polar surface area (TPSA) is 76.0 Å². The Balaban J connectivity index is 3.09. The van der Waals surface area contributed by atoms with Gasteiger partial charge in [-0.1, -0.05) is 13.8 Å². The van der Waals surface area contributed by atoms with Crippen molar-refractivity contribution in [3.63, 3.8) is 0 Å².